The highest BCUT2D eigenvalue weighted by atomic mass is 35.5. The van der Waals surface area contributed by atoms with Gasteiger partial charge in [0.25, 0.3) is 0 Å². The van der Waals surface area contributed by atoms with Crippen LogP contribution < -0.4 is 0 Å². The molecule has 1 N–H and O–H groups in total. The number of Topliss-reactive ketones (excluding diaryl/α,β-unsaturated/α-hetero) is 1. The van der Waals surface area contributed by atoms with Crippen molar-refractivity contribution >= 4 is 17.4 Å². The van der Waals surface area contributed by atoms with Crippen LogP contribution in [-0.2, 0) is 9.53 Å². The molecule has 8 atom stereocenters. The molecule has 23 heavy (non-hydrogen) atoms. The Morgan fingerprint density at radius 3 is 2.87 bits per heavy atom. The van der Waals surface area contributed by atoms with Crippen LogP contribution in [0.4, 0.5) is 0 Å². The predicted octanol–water partition coefficient (Wildman–Crippen LogP) is 3.31. The van der Waals surface area contributed by atoms with Crippen LogP contribution in [0.2, 0.25) is 0 Å². The minimum absolute atomic E-state index is 0.0360. The Morgan fingerprint density at radius 2 is 2.04 bits per heavy atom. The molecule has 1 saturated heterocycles. The minimum Gasteiger partial charge on any atom is -0.393 e. The van der Waals surface area contributed by atoms with Crippen molar-refractivity contribution in [1.82, 2.24) is 0 Å². The molecule has 4 aliphatic carbocycles. The SMILES string of the molecule is C[C@]12CC[C@H]3[C@@H](C[C@@H]4OC[C@@]35CC[C@H](O)C[C@]45Cl)[C@@H]1CCC2=O. The number of hydrogen-bond acceptors (Lipinski definition) is 3. The smallest absolute Gasteiger partial charge is 0.139 e. The van der Waals surface area contributed by atoms with Crippen molar-refractivity contribution in [3.8, 4) is 0 Å². The van der Waals surface area contributed by atoms with E-state index in [4.69, 9.17) is 16.3 Å². The number of ether oxygens (including phenoxy) is 1. The molecule has 4 saturated carbocycles. The number of halogens is 1. The highest BCUT2D eigenvalue weighted by molar-refractivity contribution is 6.25. The van der Waals surface area contributed by atoms with Crippen molar-refractivity contribution < 1.29 is 14.6 Å². The molecule has 0 aromatic heterocycles. The molecule has 2 bridgehead atoms. The van der Waals surface area contributed by atoms with Gasteiger partial charge >= 0.3 is 0 Å². The third-order valence-corrected chi connectivity index (χ3v) is 9.45. The molecule has 1 heterocycles. The zero-order valence-corrected chi connectivity index (χ0v) is 14.6. The molecule has 0 radical (unpaired) electrons. The van der Waals surface area contributed by atoms with Gasteiger partial charge in [0.2, 0.25) is 0 Å². The number of hydrogen-bond donors (Lipinski definition) is 1. The van der Waals surface area contributed by atoms with E-state index >= 15 is 0 Å². The quantitative estimate of drug-likeness (QED) is 0.689. The molecule has 0 spiro atoms. The molecule has 0 aromatic carbocycles. The van der Waals surface area contributed by atoms with Crippen LogP contribution in [0.1, 0.15) is 58.3 Å². The molecule has 1 aliphatic heterocycles. The largest absolute Gasteiger partial charge is 0.393 e. The minimum atomic E-state index is -0.373. The van der Waals surface area contributed by atoms with E-state index in [9.17, 15) is 9.90 Å². The first-order valence-electron chi connectivity index (χ1n) is 9.43. The average molecular weight is 339 g/mol. The van der Waals surface area contributed by atoms with Crippen LogP contribution in [0.15, 0.2) is 0 Å². The lowest BCUT2D eigenvalue weighted by molar-refractivity contribution is -0.137. The Labute approximate surface area is 143 Å². The van der Waals surface area contributed by atoms with E-state index in [-0.39, 0.29) is 27.9 Å². The molecule has 5 fully saturated rings. The Hall–Kier alpha value is -0.120. The number of aliphatic hydroxyl groups excluding tert-OH is 1. The molecule has 4 heteroatoms. The van der Waals surface area contributed by atoms with Gasteiger partial charge in [0, 0.05) is 17.3 Å². The molecule has 0 aromatic rings. The summed E-state index contributed by atoms with van der Waals surface area (Å²) in [4.78, 5) is 12.1. The Kier molecular flexibility index (Phi) is 2.99. The molecule has 5 rings (SSSR count). The summed E-state index contributed by atoms with van der Waals surface area (Å²) in [5.74, 6) is 2.20. The number of carbonyl (C=O) groups excluding carboxylic acids is 1. The summed E-state index contributed by atoms with van der Waals surface area (Å²) in [6.45, 7) is 2.99. The Balaban J connectivity index is 1.56. The van der Waals surface area contributed by atoms with Crippen LogP contribution in [-0.4, -0.2) is 34.6 Å². The third-order valence-electron chi connectivity index (χ3n) is 8.68. The first-order chi connectivity index (χ1) is 10.9. The summed E-state index contributed by atoms with van der Waals surface area (Å²) in [7, 11) is 0. The summed E-state index contributed by atoms with van der Waals surface area (Å²) in [5, 5.41) is 10.2. The van der Waals surface area contributed by atoms with Crippen LogP contribution in [0, 0.1) is 28.6 Å². The van der Waals surface area contributed by atoms with Gasteiger partial charge in [-0.2, -0.15) is 0 Å². The average Bonchev–Trinajstić information content (AvgIpc) is 2.88. The lowest BCUT2D eigenvalue weighted by Crippen LogP contribution is -2.63. The summed E-state index contributed by atoms with van der Waals surface area (Å²) < 4.78 is 6.24. The molecule has 0 amide bonds. The lowest BCUT2D eigenvalue weighted by Gasteiger charge is -2.61. The molecule has 5 aliphatic rings. The van der Waals surface area contributed by atoms with E-state index in [0.29, 0.717) is 30.0 Å². The van der Waals surface area contributed by atoms with Gasteiger partial charge in [-0.1, -0.05) is 6.92 Å². The van der Waals surface area contributed by atoms with Crippen molar-refractivity contribution in [3.05, 3.63) is 0 Å². The fraction of sp³-hybridized carbons (Fsp3) is 0.947. The fourth-order valence-corrected chi connectivity index (χ4v) is 8.10. The van der Waals surface area contributed by atoms with Crippen LogP contribution >= 0.6 is 11.6 Å². The van der Waals surface area contributed by atoms with Gasteiger partial charge in [-0.25, -0.2) is 0 Å². The number of rotatable bonds is 0. The highest BCUT2D eigenvalue weighted by Gasteiger charge is 2.72. The van der Waals surface area contributed by atoms with Crippen LogP contribution in [0.3, 0.4) is 0 Å². The van der Waals surface area contributed by atoms with Crippen molar-refractivity contribution in [2.45, 2.75) is 75.4 Å². The standard InChI is InChI=1S/C19H27ClO3/c1-17-6-5-14-12(13(17)2-3-15(17)22)8-16-19(20)9-11(21)4-7-18(14,19)10-23-16/h11-14,16,21H,2-10H2,1H3/t11-,12-,13-,14-,16-,17-,18-,19-/m0/s1. The zero-order chi connectivity index (χ0) is 16.0. The third kappa shape index (κ3) is 1.63. The summed E-state index contributed by atoms with van der Waals surface area (Å²) in [6, 6.07) is 0. The first-order valence-corrected chi connectivity index (χ1v) is 9.80. The summed E-state index contributed by atoms with van der Waals surface area (Å²) in [5.41, 5.74) is -0.0495. The summed E-state index contributed by atoms with van der Waals surface area (Å²) in [6.07, 6.45) is 7.30. The van der Waals surface area contributed by atoms with Gasteiger partial charge in [0.05, 0.1) is 23.7 Å². The maximum absolute atomic E-state index is 12.5. The highest BCUT2D eigenvalue weighted by Crippen LogP contribution is 2.71. The van der Waals surface area contributed by atoms with Gasteiger partial charge in [0.15, 0.2) is 0 Å². The van der Waals surface area contributed by atoms with Gasteiger partial charge in [-0.05, 0) is 62.7 Å². The van der Waals surface area contributed by atoms with E-state index in [2.05, 4.69) is 6.92 Å². The van der Waals surface area contributed by atoms with E-state index in [0.717, 1.165) is 51.6 Å². The lowest BCUT2D eigenvalue weighted by atomic mass is 9.45. The van der Waals surface area contributed by atoms with Gasteiger partial charge in [-0.15, -0.1) is 11.6 Å². The number of fused-ring (bicyclic) bond motifs is 3. The van der Waals surface area contributed by atoms with E-state index < -0.39 is 0 Å². The van der Waals surface area contributed by atoms with Crippen molar-refractivity contribution in [3.63, 3.8) is 0 Å². The maximum atomic E-state index is 12.5. The number of alkyl halides is 1. The van der Waals surface area contributed by atoms with Crippen molar-refractivity contribution in [1.29, 1.82) is 0 Å². The van der Waals surface area contributed by atoms with Crippen LogP contribution in [0.25, 0.3) is 0 Å². The maximum Gasteiger partial charge on any atom is 0.139 e. The Morgan fingerprint density at radius 1 is 1.22 bits per heavy atom. The van der Waals surface area contributed by atoms with Crippen molar-refractivity contribution in [2.75, 3.05) is 6.61 Å². The van der Waals surface area contributed by atoms with Crippen LogP contribution in [0.5, 0.6) is 0 Å². The van der Waals surface area contributed by atoms with Gasteiger partial charge < -0.3 is 9.84 Å². The predicted molar refractivity (Wildman–Crippen MR) is 87.3 cm³/mol. The molecular weight excluding hydrogens is 312 g/mol. The van der Waals surface area contributed by atoms with E-state index in [1.165, 1.54) is 0 Å². The molecule has 0 unspecified atom stereocenters. The van der Waals surface area contributed by atoms with Gasteiger partial charge in [-0.3, -0.25) is 4.79 Å². The number of carbonyl (C=O) groups is 1. The summed E-state index contributed by atoms with van der Waals surface area (Å²) >= 11 is 7.20. The van der Waals surface area contributed by atoms with Gasteiger partial charge in [0.1, 0.15) is 5.78 Å². The number of aliphatic hydroxyl groups is 1. The van der Waals surface area contributed by atoms with Crippen molar-refractivity contribution in [2.24, 2.45) is 28.6 Å². The monoisotopic (exact) mass is 338 g/mol. The topological polar surface area (TPSA) is 46.5 Å². The molecular formula is C19H27ClO3. The first kappa shape index (κ1) is 15.2. The Bertz CT molecular complexity index is 565. The second kappa shape index (κ2) is 4.53. The second-order valence-electron chi connectivity index (χ2n) is 9.25. The van der Waals surface area contributed by atoms with E-state index in [1.807, 2.05) is 0 Å². The molecule has 3 nitrogen and oxygen atoms in total. The number of ketones is 1. The van der Waals surface area contributed by atoms with E-state index in [1.54, 1.807) is 0 Å². The normalized spacial score (nSPS) is 61.0. The second-order valence-corrected chi connectivity index (χ2v) is 9.92. The fourth-order valence-electron chi connectivity index (χ4n) is 7.48. The molecule has 128 valence electrons. The zero-order valence-electron chi connectivity index (χ0n) is 13.9.